The van der Waals surface area contributed by atoms with Gasteiger partial charge < -0.3 is 0 Å². The minimum Gasteiger partial charge on any atom is -0.207 e. The van der Waals surface area contributed by atoms with Crippen LogP contribution in [0.1, 0.15) is 19.4 Å². The van der Waals surface area contributed by atoms with E-state index in [0.29, 0.717) is 5.56 Å². The fourth-order valence-corrected chi connectivity index (χ4v) is 2.56. The number of halogens is 2. The second-order valence-electron chi connectivity index (χ2n) is 2.35. The third-order valence-electron chi connectivity index (χ3n) is 1.40. The van der Waals surface area contributed by atoms with E-state index < -0.39 is 9.05 Å². The maximum Gasteiger partial charge on any atom is 0.261 e. The van der Waals surface area contributed by atoms with Crippen LogP contribution in [0.5, 0.6) is 0 Å². The van der Waals surface area contributed by atoms with E-state index in [1.54, 1.807) is 19.1 Å². The SMILES string of the molecule is CC.Cc1cc(Br)ccc1S(=O)(=O)Cl. The van der Waals surface area contributed by atoms with Crippen molar-refractivity contribution in [2.75, 3.05) is 0 Å². The topological polar surface area (TPSA) is 34.1 Å². The summed E-state index contributed by atoms with van der Waals surface area (Å²) in [6.45, 7) is 5.69. The molecular weight excluding hydrogens is 288 g/mol. The van der Waals surface area contributed by atoms with E-state index in [-0.39, 0.29) is 4.90 Å². The Morgan fingerprint density at radius 3 is 2.14 bits per heavy atom. The van der Waals surface area contributed by atoms with Crippen LogP contribution in [0.15, 0.2) is 27.6 Å². The van der Waals surface area contributed by atoms with Gasteiger partial charge >= 0.3 is 0 Å². The molecule has 0 atom stereocenters. The maximum atomic E-state index is 10.9. The Balaban J connectivity index is 0.000000791. The monoisotopic (exact) mass is 298 g/mol. The van der Waals surface area contributed by atoms with E-state index >= 15 is 0 Å². The van der Waals surface area contributed by atoms with Gasteiger partial charge in [-0.15, -0.1) is 0 Å². The fourth-order valence-electron chi connectivity index (χ4n) is 0.886. The standard InChI is InChI=1S/C7H6BrClO2S.C2H6/c1-5-4-6(8)2-3-7(5)12(9,10)11;1-2/h2-4H,1H3;1-2H3. The van der Waals surface area contributed by atoms with E-state index in [2.05, 4.69) is 15.9 Å². The zero-order chi connectivity index (χ0) is 11.4. The van der Waals surface area contributed by atoms with Gasteiger partial charge in [0.05, 0.1) is 4.90 Å². The molecular formula is C9H12BrClO2S. The molecule has 0 N–H and O–H groups in total. The van der Waals surface area contributed by atoms with Gasteiger partial charge in [-0.1, -0.05) is 29.8 Å². The molecule has 0 radical (unpaired) electrons. The van der Waals surface area contributed by atoms with Crippen molar-refractivity contribution in [3.63, 3.8) is 0 Å². The molecule has 0 amide bonds. The van der Waals surface area contributed by atoms with Gasteiger partial charge in [0, 0.05) is 15.2 Å². The van der Waals surface area contributed by atoms with Crippen molar-refractivity contribution >= 4 is 35.7 Å². The average Bonchev–Trinajstić information content (AvgIpc) is 2.05. The molecule has 0 aliphatic rings. The number of hydrogen-bond donors (Lipinski definition) is 0. The van der Waals surface area contributed by atoms with Gasteiger partial charge in [0.15, 0.2) is 0 Å². The summed E-state index contributed by atoms with van der Waals surface area (Å²) >= 11 is 3.23. The Morgan fingerprint density at radius 2 is 1.79 bits per heavy atom. The quantitative estimate of drug-likeness (QED) is 0.741. The summed E-state index contributed by atoms with van der Waals surface area (Å²) in [7, 11) is 1.57. The Kier molecular flexibility index (Phi) is 5.71. The molecule has 0 aromatic heterocycles. The van der Waals surface area contributed by atoms with E-state index in [4.69, 9.17) is 10.7 Å². The highest BCUT2D eigenvalue weighted by Gasteiger charge is 2.12. The van der Waals surface area contributed by atoms with Gasteiger partial charge in [0.25, 0.3) is 9.05 Å². The average molecular weight is 300 g/mol. The molecule has 14 heavy (non-hydrogen) atoms. The van der Waals surface area contributed by atoms with Crippen LogP contribution in [-0.4, -0.2) is 8.42 Å². The number of rotatable bonds is 1. The van der Waals surface area contributed by atoms with Crippen LogP contribution in [0.25, 0.3) is 0 Å². The molecule has 80 valence electrons. The van der Waals surface area contributed by atoms with Crippen molar-refractivity contribution in [3.05, 3.63) is 28.2 Å². The van der Waals surface area contributed by atoms with Crippen LogP contribution in [0.3, 0.4) is 0 Å². The molecule has 0 aliphatic heterocycles. The van der Waals surface area contributed by atoms with Crippen LogP contribution >= 0.6 is 26.6 Å². The third kappa shape index (κ3) is 3.98. The number of benzene rings is 1. The molecule has 0 saturated carbocycles. The predicted octanol–water partition coefficient (Wildman–Crippen LogP) is 3.71. The van der Waals surface area contributed by atoms with Gasteiger partial charge in [0.2, 0.25) is 0 Å². The molecule has 2 nitrogen and oxygen atoms in total. The lowest BCUT2D eigenvalue weighted by atomic mass is 10.2. The van der Waals surface area contributed by atoms with Crippen LogP contribution in [0.4, 0.5) is 0 Å². The van der Waals surface area contributed by atoms with Crippen molar-refractivity contribution in [3.8, 4) is 0 Å². The minimum atomic E-state index is -3.60. The normalized spacial score (nSPS) is 10.4. The molecule has 1 aromatic rings. The predicted molar refractivity (Wildman–Crippen MR) is 63.3 cm³/mol. The van der Waals surface area contributed by atoms with Gasteiger partial charge in [-0.05, 0) is 30.7 Å². The zero-order valence-electron chi connectivity index (χ0n) is 8.21. The highest BCUT2D eigenvalue weighted by atomic mass is 79.9. The Labute approximate surface area is 97.8 Å². The summed E-state index contributed by atoms with van der Waals surface area (Å²) in [4.78, 5) is 0.160. The molecule has 0 bridgehead atoms. The fraction of sp³-hybridized carbons (Fsp3) is 0.333. The van der Waals surface area contributed by atoms with Crippen LogP contribution in [0, 0.1) is 6.92 Å². The Bertz CT molecular complexity index is 401. The summed E-state index contributed by atoms with van der Waals surface area (Å²) in [6, 6.07) is 4.82. The van der Waals surface area contributed by atoms with Gasteiger partial charge in [-0.2, -0.15) is 0 Å². The second-order valence-corrected chi connectivity index (χ2v) is 5.80. The summed E-state index contributed by atoms with van der Waals surface area (Å²) in [5.41, 5.74) is 0.638. The van der Waals surface area contributed by atoms with Gasteiger partial charge in [-0.3, -0.25) is 0 Å². The van der Waals surface area contributed by atoms with Crippen molar-refractivity contribution in [1.82, 2.24) is 0 Å². The van der Waals surface area contributed by atoms with Crippen LogP contribution in [0.2, 0.25) is 0 Å². The molecule has 0 fully saturated rings. The number of hydrogen-bond acceptors (Lipinski definition) is 2. The molecule has 0 unspecified atom stereocenters. The largest absolute Gasteiger partial charge is 0.261 e. The lowest BCUT2D eigenvalue weighted by Crippen LogP contribution is -1.93. The van der Waals surface area contributed by atoms with Crippen LogP contribution in [-0.2, 0) is 9.05 Å². The molecule has 1 rings (SSSR count). The minimum absolute atomic E-state index is 0.160. The first-order valence-corrected chi connectivity index (χ1v) is 7.22. The molecule has 0 spiro atoms. The van der Waals surface area contributed by atoms with Crippen molar-refractivity contribution in [2.45, 2.75) is 25.7 Å². The smallest absolute Gasteiger partial charge is 0.207 e. The zero-order valence-corrected chi connectivity index (χ0v) is 11.4. The highest BCUT2D eigenvalue weighted by molar-refractivity contribution is 9.10. The first-order valence-electron chi connectivity index (χ1n) is 4.12. The highest BCUT2D eigenvalue weighted by Crippen LogP contribution is 2.22. The first-order chi connectivity index (χ1) is 6.41. The summed E-state index contributed by atoms with van der Waals surface area (Å²) in [5.74, 6) is 0. The van der Waals surface area contributed by atoms with E-state index in [9.17, 15) is 8.42 Å². The van der Waals surface area contributed by atoms with E-state index in [1.807, 2.05) is 13.8 Å². The molecule has 1 aromatic carbocycles. The Hall–Kier alpha value is -0.0600. The van der Waals surface area contributed by atoms with Crippen molar-refractivity contribution < 1.29 is 8.42 Å². The van der Waals surface area contributed by atoms with Crippen molar-refractivity contribution in [2.24, 2.45) is 0 Å². The van der Waals surface area contributed by atoms with Crippen LogP contribution < -0.4 is 0 Å². The van der Waals surface area contributed by atoms with E-state index in [1.165, 1.54) is 6.07 Å². The summed E-state index contributed by atoms with van der Waals surface area (Å²) in [6.07, 6.45) is 0. The van der Waals surface area contributed by atoms with E-state index in [0.717, 1.165) is 4.47 Å². The lowest BCUT2D eigenvalue weighted by molar-refractivity contribution is 0.609. The summed E-state index contributed by atoms with van der Waals surface area (Å²) < 4.78 is 22.7. The summed E-state index contributed by atoms with van der Waals surface area (Å²) in [5, 5.41) is 0. The third-order valence-corrected chi connectivity index (χ3v) is 3.38. The first kappa shape index (κ1) is 13.9. The van der Waals surface area contributed by atoms with Gasteiger partial charge in [0.1, 0.15) is 0 Å². The maximum absolute atomic E-state index is 10.9. The van der Waals surface area contributed by atoms with Crippen molar-refractivity contribution in [1.29, 1.82) is 0 Å². The molecule has 0 heterocycles. The second kappa shape index (κ2) is 5.73. The molecule has 0 aliphatic carbocycles. The Morgan fingerprint density at radius 1 is 1.29 bits per heavy atom. The molecule has 5 heteroatoms. The van der Waals surface area contributed by atoms with Gasteiger partial charge in [-0.25, -0.2) is 8.42 Å². The number of aryl methyl sites for hydroxylation is 1. The molecule has 0 saturated heterocycles. The lowest BCUT2D eigenvalue weighted by Gasteiger charge is -2.00.